The Morgan fingerprint density at radius 3 is 2.52 bits per heavy atom. The average Bonchev–Trinajstić information content (AvgIpc) is 3.11. The van der Waals surface area contributed by atoms with E-state index < -0.39 is 23.9 Å². The van der Waals surface area contributed by atoms with Gasteiger partial charge < -0.3 is 15.4 Å². The number of carbonyl (C=O) groups excluding carboxylic acids is 3. The van der Waals surface area contributed by atoms with Gasteiger partial charge in [0.2, 0.25) is 5.91 Å². The van der Waals surface area contributed by atoms with Crippen LogP contribution in [0, 0.1) is 0 Å². The SMILES string of the molecule is CSc1ccc([C@@H]2NC(=O)N(CC(=O)Nc3cc(Cl)cc(Cl)c3)C3=C2C(=O)OC3)cc1. The van der Waals surface area contributed by atoms with E-state index in [9.17, 15) is 14.4 Å². The van der Waals surface area contributed by atoms with Crippen molar-refractivity contribution in [2.75, 3.05) is 24.7 Å². The van der Waals surface area contributed by atoms with Crippen LogP contribution in [0.1, 0.15) is 11.6 Å². The number of amides is 3. The van der Waals surface area contributed by atoms with Crippen LogP contribution in [0.15, 0.2) is 58.6 Å². The number of thioether (sulfide) groups is 1. The Bertz CT molecular complexity index is 1080. The third-order valence-corrected chi connectivity index (χ3v) is 6.08. The van der Waals surface area contributed by atoms with Gasteiger partial charge in [-0.05, 0) is 42.2 Å². The van der Waals surface area contributed by atoms with Crippen molar-refractivity contribution < 1.29 is 19.1 Å². The lowest BCUT2D eigenvalue weighted by atomic mass is 9.96. The Labute approximate surface area is 192 Å². The molecule has 2 N–H and O–H groups in total. The predicted octanol–water partition coefficient (Wildman–Crippen LogP) is 4.23. The molecular weight excluding hydrogens is 461 g/mol. The van der Waals surface area contributed by atoms with Crippen molar-refractivity contribution in [2.45, 2.75) is 10.9 Å². The fraction of sp³-hybridized carbons (Fsp3) is 0.190. The lowest BCUT2D eigenvalue weighted by Gasteiger charge is -2.32. The maximum Gasteiger partial charge on any atom is 0.338 e. The number of anilines is 1. The molecule has 1 atom stereocenters. The second-order valence-electron chi connectivity index (χ2n) is 6.88. The number of benzene rings is 2. The first-order valence-electron chi connectivity index (χ1n) is 9.24. The molecule has 0 fully saturated rings. The Balaban J connectivity index is 1.58. The van der Waals surface area contributed by atoms with Crippen molar-refractivity contribution in [1.82, 2.24) is 10.2 Å². The molecule has 2 aliphatic heterocycles. The van der Waals surface area contributed by atoms with E-state index in [0.29, 0.717) is 27.0 Å². The normalized spacial score (nSPS) is 17.9. The van der Waals surface area contributed by atoms with Gasteiger partial charge in [-0.25, -0.2) is 9.59 Å². The maximum absolute atomic E-state index is 12.8. The minimum atomic E-state index is -0.639. The van der Waals surface area contributed by atoms with Gasteiger partial charge in [-0.2, -0.15) is 0 Å². The largest absolute Gasteiger partial charge is 0.456 e. The number of esters is 1. The van der Waals surface area contributed by atoms with Gasteiger partial charge in [-0.1, -0.05) is 35.3 Å². The predicted molar refractivity (Wildman–Crippen MR) is 119 cm³/mol. The van der Waals surface area contributed by atoms with Crippen molar-refractivity contribution >= 4 is 58.6 Å². The molecule has 0 unspecified atom stereocenters. The van der Waals surface area contributed by atoms with Gasteiger partial charge >= 0.3 is 12.0 Å². The molecule has 2 aromatic carbocycles. The summed E-state index contributed by atoms with van der Waals surface area (Å²) in [4.78, 5) is 40.1. The van der Waals surface area contributed by atoms with Gasteiger partial charge in [-0.15, -0.1) is 11.8 Å². The third-order valence-electron chi connectivity index (χ3n) is 4.90. The molecule has 0 aliphatic carbocycles. The first-order valence-corrected chi connectivity index (χ1v) is 11.2. The number of halogens is 2. The monoisotopic (exact) mass is 477 g/mol. The number of carbonyl (C=O) groups is 3. The minimum absolute atomic E-state index is 0.0722. The molecule has 3 amide bonds. The standard InChI is InChI=1S/C21H17Cl2N3O4S/c1-31-15-4-2-11(3-5-15)19-18-16(10-30-20(18)28)26(21(29)25-19)9-17(27)24-14-7-12(22)6-13(23)8-14/h2-8,19H,9-10H2,1H3,(H,24,27)(H,25,29)/t19-/m0/s1. The van der Waals surface area contributed by atoms with E-state index in [4.69, 9.17) is 27.9 Å². The molecular formula is C21H17Cl2N3O4S. The number of nitrogens with one attached hydrogen (secondary N) is 2. The van der Waals surface area contributed by atoms with Crippen LogP contribution < -0.4 is 10.6 Å². The Morgan fingerprint density at radius 2 is 1.87 bits per heavy atom. The number of hydrogen-bond acceptors (Lipinski definition) is 5. The Kier molecular flexibility index (Phi) is 6.13. The summed E-state index contributed by atoms with van der Waals surface area (Å²) in [5.74, 6) is -0.983. The van der Waals surface area contributed by atoms with Crippen LogP contribution in [0.4, 0.5) is 10.5 Å². The van der Waals surface area contributed by atoms with E-state index in [1.54, 1.807) is 30.0 Å². The van der Waals surface area contributed by atoms with Gasteiger partial charge in [0.25, 0.3) is 0 Å². The van der Waals surface area contributed by atoms with Gasteiger partial charge in [-0.3, -0.25) is 9.69 Å². The topological polar surface area (TPSA) is 87.7 Å². The quantitative estimate of drug-likeness (QED) is 0.496. The highest BCUT2D eigenvalue weighted by atomic mass is 35.5. The molecule has 0 radical (unpaired) electrons. The number of nitrogens with zero attached hydrogens (tertiary/aromatic N) is 1. The van der Waals surface area contributed by atoms with Gasteiger partial charge in [0.15, 0.2) is 0 Å². The molecule has 2 aromatic rings. The molecule has 160 valence electrons. The lowest BCUT2D eigenvalue weighted by molar-refractivity contribution is -0.136. The zero-order valence-corrected chi connectivity index (χ0v) is 18.6. The van der Waals surface area contributed by atoms with Crippen molar-refractivity contribution in [3.63, 3.8) is 0 Å². The summed E-state index contributed by atoms with van der Waals surface area (Å²) in [6.45, 7) is -0.374. The fourth-order valence-corrected chi connectivity index (χ4v) is 4.43. The second-order valence-corrected chi connectivity index (χ2v) is 8.64. The minimum Gasteiger partial charge on any atom is -0.456 e. The summed E-state index contributed by atoms with van der Waals surface area (Å²) in [6, 6.07) is 11.1. The highest BCUT2D eigenvalue weighted by Crippen LogP contribution is 2.35. The first-order chi connectivity index (χ1) is 14.9. The van der Waals surface area contributed by atoms with Gasteiger partial charge in [0.05, 0.1) is 17.3 Å². The molecule has 10 heteroatoms. The fourth-order valence-electron chi connectivity index (χ4n) is 3.49. The summed E-state index contributed by atoms with van der Waals surface area (Å²) in [7, 11) is 0. The number of urea groups is 1. The zero-order valence-electron chi connectivity index (χ0n) is 16.3. The molecule has 0 spiro atoms. The van der Waals surface area contributed by atoms with Gasteiger partial charge in [0, 0.05) is 20.6 Å². The maximum atomic E-state index is 12.8. The van der Waals surface area contributed by atoms with E-state index in [-0.39, 0.29) is 13.2 Å². The van der Waals surface area contributed by atoms with E-state index in [2.05, 4.69) is 10.6 Å². The number of hydrogen-bond donors (Lipinski definition) is 2. The Hall–Kier alpha value is -2.68. The van der Waals surface area contributed by atoms with Crippen molar-refractivity contribution in [3.05, 3.63) is 69.3 Å². The van der Waals surface area contributed by atoms with Crippen LogP contribution in [0.25, 0.3) is 0 Å². The molecule has 2 heterocycles. The van der Waals surface area contributed by atoms with E-state index in [1.165, 1.54) is 4.90 Å². The Morgan fingerprint density at radius 1 is 1.19 bits per heavy atom. The van der Waals surface area contributed by atoms with Crippen LogP contribution in [-0.2, 0) is 14.3 Å². The summed E-state index contributed by atoms with van der Waals surface area (Å²) in [5.41, 5.74) is 1.87. The highest BCUT2D eigenvalue weighted by Gasteiger charge is 2.42. The summed E-state index contributed by atoms with van der Waals surface area (Å²) < 4.78 is 5.19. The zero-order chi connectivity index (χ0) is 22.1. The van der Waals surface area contributed by atoms with E-state index in [0.717, 1.165) is 10.5 Å². The molecule has 4 rings (SSSR count). The van der Waals surface area contributed by atoms with E-state index >= 15 is 0 Å². The lowest BCUT2D eigenvalue weighted by Crippen LogP contribution is -2.49. The number of cyclic esters (lactones) is 1. The van der Waals surface area contributed by atoms with E-state index in [1.807, 2.05) is 30.5 Å². The first kappa shape index (κ1) is 21.5. The molecule has 7 nitrogen and oxygen atoms in total. The van der Waals surface area contributed by atoms with Crippen LogP contribution in [-0.4, -0.2) is 42.2 Å². The van der Waals surface area contributed by atoms with Crippen molar-refractivity contribution in [2.24, 2.45) is 0 Å². The average molecular weight is 478 g/mol. The number of ether oxygens (including phenoxy) is 1. The molecule has 0 bridgehead atoms. The molecule has 0 saturated heterocycles. The summed E-state index contributed by atoms with van der Waals surface area (Å²) >= 11 is 13.5. The van der Waals surface area contributed by atoms with Gasteiger partial charge in [0.1, 0.15) is 13.2 Å². The smallest absolute Gasteiger partial charge is 0.338 e. The van der Waals surface area contributed by atoms with Crippen molar-refractivity contribution in [3.8, 4) is 0 Å². The highest BCUT2D eigenvalue weighted by molar-refractivity contribution is 7.98. The van der Waals surface area contributed by atoms with Crippen LogP contribution in [0.5, 0.6) is 0 Å². The number of rotatable bonds is 5. The summed E-state index contributed by atoms with van der Waals surface area (Å²) in [6.07, 6.45) is 1.96. The van der Waals surface area contributed by atoms with Crippen molar-refractivity contribution in [1.29, 1.82) is 0 Å². The third kappa shape index (κ3) is 4.51. The molecule has 0 aromatic heterocycles. The van der Waals surface area contributed by atoms with Crippen LogP contribution in [0.3, 0.4) is 0 Å². The van der Waals surface area contributed by atoms with Crippen LogP contribution >= 0.6 is 35.0 Å². The second kappa shape index (κ2) is 8.82. The van der Waals surface area contributed by atoms with Crippen LogP contribution in [0.2, 0.25) is 10.0 Å². The summed E-state index contributed by atoms with van der Waals surface area (Å²) in [5, 5.41) is 6.20. The molecule has 0 saturated carbocycles. The molecule has 2 aliphatic rings. The molecule has 31 heavy (non-hydrogen) atoms.